The number of amides is 1. The third-order valence-electron chi connectivity index (χ3n) is 4.47. The maximum Gasteiger partial charge on any atom is 0.253 e. The van der Waals surface area contributed by atoms with Gasteiger partial charge in [-0.3, -0.25) is 9.79 Å². The SMILES string of the molecule is CN(C)C(=O)c1cccc(CCN=C(N)NC2CCCCCC2)c1. The van der Waals surface area contributed by atoms with E-state index >= 15 is 0 Å². The molecule has 1 aromatic carbocycles. The second-order valence-corrected chi connectivity index (χ2v) is 6.75. The smallest absolute Gasteiger partial charge is 0.253 e. The molecule has 0 saturated heterocycles. The van der Waals surface area contributed by atoms with Crippen LogP contribution in [0.4, 0.5) is 0 Å². The molecule has 3 N–H and O–H groups in total. The first kappa shape index (κ1) is 18.3. The van der Waals surface area contributed by atoms with Gasteiger partial charge in [-0.2, -0.15) is 0 Å². The number of hydrogen-bond acceptors (Lipinski definition) is 2. The molecule has 1 aliphatic carbocycles. The summed E-state index contributed by atoms with van der Waals surface area (Å²) in [6.45, 7) is 0.630. The highest BCUT2D eigenvalue weighted by atomic mass is 16.2. The number of benzene rings is 1. The van der Waals surface area contributed by atoms with Gasteiger partial charge in [0.2, 0.25) is 0 Å². The summed E-state index contributed by atoms with van der Waals surface area (Å²) in [5, 5.41) is 3.36. The molecule has 1 saturated carbocycles. The molecule has 1 fully saturated rings. The van der Waals surface area contributed by atoms with Crippen molar-refractivity contribution in [2.75, 3.05) is 20.6 Å². The lowest BCUT2D eigenvalue weighted by Gasteiger charge is -2.16. The molecule has 24 heavy (non-hydrogen) atoms. The Morgan fingerprint density at radius 3 is 2.62 bits per heavy atom. The van der Waals surface area contributed by atoms with Gasteiger partial charge in [0, 0.05) is 32.2 Å². The van der Waals surface area contributed by atoms with Gasteiger partial charge in [0.05, 0.1) is 0 Å². The van der Waals surface area contributed by atoms with Crippen molar-refractivity contribution in [3.8, 4) is 0 Å². The fraction of sp³-hybridized carbons (Fsp3) is 0.579. The molecule has 0 aliphatic heterocycles. The lowest BCUT2D eigenvalue weighted by Crippen LogP contribution is -2.40. The van der Waals surface area contributed by atoms with E-state index in [0.717, 1.165) is 12.0 Å². The second-order valence-electron chi connectivity index (χ2n) is 6.75. The van der Waals surface area contributed by atoms with Crippen molar-refractivity contribution in [3.05, 3.63) is 35.4 Å². The minimum absolute atomic E-state index is 0.0231. The Morgan fingerprint density at radius 1 is 1.25 bits per heavy atom. The first-order chi connectivity index (χ1) is 11.6. The molecular weight excluding hydrogens is 300 g/mol. The third-order valence-corrected chi connectivity index (χ3v) is 4.47. The minimum atomic E-state index is 0.0231. The molecule has 0 aromatic heterocycles. The van der Waals surface area contributed by atoms with Crippen LogP contribution in [0.15, 0.2) is 29.3 Å². The van der Waals surface area contributed by atoms with Gasteiger partial charge < -0.3 is 16.0 Å². The van der Waals surface area contributed by atoms with Crippen molar-refractivity contribution in [3.63, 3.8) is 0 Å². The second kappa shape index (κ2) is 9.30. The van der Waals surface area contributed by atoms with Crippen LogP contribution < -0.4 is 11.1 Å². The number of carbonyl (C=O) groups is 1. The first-order valence-electron chi connectivity index (χ1n) is 8.93. The van der Waals surface area contributed by atoms with Gasteiger partial charge in [0.25, 0.3) is 5.91 Å². The van der Waals surface area contributed by atoms with Crippen LogP contribution in [0, 0.1) is 0 Å². The van der Waals surface area contributed by atoms with Gasteiger partial charge in [-0.15, -0.1) is 0 Å². The molecule has 0 heterocycles. The third kappa shape index (κ3) is 5.87. The lowest BCUT2D eigenvalue weighted by molar-refractivity contribution is 0.0827. The largest absolute Gasteiger partial charge is 0.370 e. The number of hydrogen-bond donors (Lipinski definition) is 2. The molecule has 2 rings (SSSR count). The molecule has 0 unspecified atom stereocenters. The number of guanidine groups is 1. The number of nitrogens with two attached hydrogens (primary N) is 1. The zero-order valence-electron chi connectivity index (χ0n) is 14.9. The average molecular weight is 330 g/mol. The van der Waals surface area contributed by atoms with E-state index in [1.165, 1.54) is 38.5 Å². The number of aliphatic imine (C=N–C) groups is 1. The van der Waals surface area contributed by atoms with Crippen LogP contribution in [0.1, 0.15) is 54.4 Å². The average Bonchev–Trinajstić information content (AvgIpc) is 2.83. The first-order valence-corrected chi connectivity index (χ1v) is 8.93. The molecule has 0 radical (unpaired) electrons. The van der Waals surface area contributed by atoms with E-state index in [-0.39, 0.29) is 5.91 Å². The van der Waals surface area contributed by atoms with Gasteiger partial charge in [-0.25, -0.2) is 0 Å². The molecule has 0 bridgehead atoms. The Balaban J connectivity index is 1.84. The molecule has 5 nitrogen and oxygen atoms in total. The lowest BCUT2D eigenvalue weighted by atomic mass is 10.1. The van der Waals surface area contributed by atoms with E-state index in [2.05, 4.69) is 10.3 Å². The van der Waals surface area contributed by atoms with E-state index in [0.29, 0.717) is 24.1 Å². The monoisotopic (exact) mass is 330 g/mol. The number of carbonyl (C=O) groups excluding carboxylic acids is 1. The van der Waals surface area contributed by atoms with E-state index in [9.17, 15) is 4.79 Å². The topological polar surface area (TPSA) is 70.7 Å². The predicted octanol–water partition coefficient (Wildman–Crippen LogP) is 2.56. The van der Waals surface area contributed by atoms with E-state index in [4.69, 9.17) is 5.73 Å². The predicted molar refractivity (Wildman–Crippen MR) is 99.3 cm³/mol. The zero-order valence-corrected chi connectivity index (χ0v) is 14.9. The molecule has 5 heteroatoms. The summed E-state index contributed by atoms with van der Waals surface area (Å²) in [6.07, 6.45) is 8.36. The van der Waals surface area contributed by atoms with Crippen molar-refractivity contribution >= 4 is 11.9 Å². The summed E-state index contributed by atoms with van der Waals surface area (Å²) in [5.41, 5.74) is 7.83. The van der Waals surface area contributed by atoms with Crippen LogP contribution in [0.2, 0.25) is 0 Å². The molecule has 1 aromatic rings. The maximum atomic E-state index is 12.0. The standard InChI is InChI=1S/C19H30N4O/c1-23(2)18(24)16-9-7-8-15(14-16)12-13-21-19(20)22-17-10-5-3-4-6-11-17/h7-9,14,17H,3-6,10-13H2,1-2H3,(H3,20,21,22). The van der Waals surface area contributed by atoms with Gasteiger partial charge in [0.1, 0.15) is 0 Å². The van der Waals surface area contributed by atoms with Crippen LogP contribution in [0.5, 0.6) is 0 Å². The van der Waals surface area contributed by atoms with Crippen LogP contribution in [0.25, 0.3) is 0 Å². The van der Waals surface area contributed by atoms with Crippen LogP contribution >= 0.6 is 0 Å². The van der Waals surface area contributed by atoms with Crippen LogP contribution in [-0.4, -0.2) is 43.4 Å². The highest BCUT2D eigenvalue weighted by Crippen LogP contribution is 2.17. The molecule has 1 aliphatic rings. The fourth-order valence-electron chi connectivity index (χ4n) is 3.10. The molecule has 1 amide bonds. The molecule has 0 spiro atoms. The summed E-state index contributed by atoms with van der Waals surface area (Å²) in [5.74, 6) is 0.567. The summed E-state index contributed by atoms with van der Waals surface area (Å²) in [6, 6.07) is 8.20. The minimum Gasteiger partial charge on any atom is -0.370 e. The quantitative estimate of drug-likeness (QED) is 0.495. The van der Waals surface area contributed by atoms with Crippen molar-refractivity contribution < 1.29 is 4.79 Å². The Hall–Kier alpha value is -2.04. The highest BCUT2D eigenvalue weighted by molar-refractivity contribution is 5.94. The molecule has 0 atom stereocenters. The summed E-state index contributed by atoms with van der Waals surface area (Å²) in [4.78, 5) is 18.0. The number of rotatable bonds is 5. The van der Waals surface area contributed by atoms with Gasteiger partial charge >= 0.3 is 0 Å². The highest BCUT2D eigenvalue weighted by Gasteiger charge is 2.12. The van der Waals surface area contributed by atoms with Crippen molar-refractivity contribution in [2.45, 2.75) is 51.0 Å². The number of nitrogens with zero attached hydrogens (tertiary/aromatic N) is 2. The Kier molecular flexibility index (Phi) is 7.09. The fourth-order valence-corrected chi connectivity index (χ4v) is 3.10. The van der Waals surface area contributed by atoms with Gasteiger partial charge in [-0.05, 0) is 37.0 Å². The van der Waals surface area contributed by atoms with Crippen molar-refractivity contribution in [1.82, 2.24) is 10.2 Å². The summed E-state index contributed by atoms with van der Waals surface area (Å²) >= 11 is 0. The number of nitrogens with one attached hydrogen (secondary N) is 1. The van der Waals surface area contributed by atoms with Gasteiger partial charge in [0.15, 0.2) is 5.96 Å². The Morgan fingerprint density at radius 2 is 1.96 bits per heavy atom. The van der Waals surface area contributed by atoms with E-state index in [1.807, 2.05) is 24.3 Å². The zero-order chi connectivity index (χ0) is 17.4. The van der Waals surface area contributed by atoms with E-state index in [1.54, 1.807) is 19.0 Å². The van der Waals surface area contributed by atoms with Gasteiger partial charge in [-0.1, -0.05) is 37.8 Å². The normalized spacial score (nSPS) is 16.5. The van der Waals surface area contributed by atoms with Crippen molar-refractivity contribution in [2.24, 2.45) is 10.7 Å². The van der Waals surface area contributed by atoms with Crippen molar-refractivity contribution in [1.29, 1.82) is 0 Å². The Bertz CT molecular complexity index is 560. The summed E-state index contributed by atoms with van der Waals surface area (Å²) < 4.78 is 0. The maximum absolute atomic E-state index is 12.0. The van der Waals surface area contributed by atoms with Crippen LogP contribution in [-0.2, 0) is 6.42 Å². The molecular formula is C19H30N4O. The Labute approximate surface area is 145 Å². The summed E-state index contributed by atoms with van der Waals surface area (Å²) in [7, 11) is 3.53. The molecule has 132 valence electrons. The van der Waals surface area contributed by atoms with Crippen LogP contribution in [0.3, 0.4) is 0 Å². The van der Waals surface area contributed by atoms with E-state index < -0.39 is 0 Å².